The third-order valence-electron chi connectivity index (χ3n) is 11.1. The molecule has 0 bridgehead atoms. The molecule has 12 rings (SSSR count). The number of hydrogen-bond acceptors (Lipinski definition) is 4. The van der Waals surface area contributed by atoms with Gasteiger partial charge in [-0.15, -0.1) is 0 Å². The molecule has 0 spiro atoms. The number of nitrogens with zero attached hydrogens (tertiary/aromatic N) is 1. The van der Waals surface area contributed by atoms with E-state index in [9.17, 15) is 0 Å². The van der Waals surface area contributed by atoms with Crippen LogP contribution in [0.5, 0.6) is 0 Å². The molecular weight excluding hydrogens is 663 g/mol. The lowest BCUT2D eigenvalue weighted by atomic mass is 9.98. The van der Waals surface area contributed by atoms with E-state index < -0.39 is 0 Å². The van der Waals surface area contributed by atoms with Crippen molar-refractivity contribution in [3.8, 4) is 11.1 Å². The average Bonchev–Trinajstić information content (AvgIpc) is 3.92. The molecule has 0 aliphatic carbocycles. The van der Waals surface area contributed by atoms with Gasteiger partial charge in [0.15, 0.2) is 0 Å². The van der Waals surface area contributed by atoms with Gasteiger partial charge in [-0.05, 0) is 87.9 Å². The largest absolute Gasteiger partial charge is 0.456 e. The minimum absolute atomic E-state index is 0.787. The number of furan rings is 3. The fraction of sp³-hybridized carbons (Fsp3) is 0. The molecule has 0 aliphatic heterocycles. The van der Waals surface area contributed by atoms with Gasteiger partial charge in [0.1, 0.15) is 33.5 Å². The summed E-state index contributed by atoms with van der Waals surface area (Å²) in [5.41, 5.74) is 10.3. The molecule has 0 unspecified atom stereocenters. The van der Waals surface area contributed by atoms with Crippen molar-refractivity contribution in [3.05, 3.63) is 176 Å². The van der Waals surface area contributed by atoms with Gasteiger partial charge in [0.05, 0.1) is 16.5 Å². The summed E-state index contributed by atoms with van der Waals surface area (Å²) in [6.07, 6.45) is 0. The van der Waals surface area contributed by atoms with Gasteiger partial charge < -0.3 is 18.2 Å². The van der Waals surface area contributed by atoms with Crippen molar-refractivity contribution in [2.75, 3.05) is 4.90 Å². The lowest BCUT2D eigenvalue weighted by Crippen LogP contribution is -2.10. The Morgan fingerprint density at radius 3 is 1.83 bits per heavy atom. The van der Waals surface area contributed by atoms with Crippen molar-refractivity contribution >= 4 is 104 Å². The Hall–Kier alpha value is -7.30. The topological polar surface area (TPSA) is 42.7 Å². The van der Waals surface area contributed by atoms with Crippen LogP contribution in [0.4, 0.5) is 17.1 Å². The molecule has 4 nitrogen and oxygen atoms in total. The van der Waals surface area contributed by atoms with Crippen LogP contribution in [0.2, 0.25) is 0 Å². The lowest BCUT2D eigenvalue weighted by molar-refractivity contribution is 0.663. The summed E-state index contributed by atoms with van der Waals surface area (Å²) >= 11 is 0. The third kappa shape index (κ3) is 4.19. The Morgan fingerprint density at radius 2 is 0.944 bits per heavy atom. The normalized spacial score (nSPS) is 12.1. The molecular formula is C50H29NO3. The molecule has 12 aromatic rings. The van der Waals surface area contributed by atoms with Crippen molar-refractivity contribution in [1.82, 2.24) is 0 Å². The zero-order valence-corrected chi connectivity index (χ0v) is 28.9. The molecule has 0 saturated carbocycles. The first-order valence-corrected chi connectivity index (χ1v) is 18.2. The molecule has 4 heteroatoms. The first-order chi connectivity index (χ1) is 26.8. The van der Waals surface area contributed by atoms with Crippen LogP contribution in [0.1, 0.15) is 0 Å². The van der Waals surface area contributed by atoms with Crippen LogP contribution >= 0.6 is 0 Å². The van der Waals surface area contributed by atoms with Crippen LogP contribution in [0.25, 0.3) is 98.5 Å². The van der Waals surface area contributed by atoms with E-state index in [0.29, 0.717) is 0 Å². The smallest absolute Gasteiger partial charge is 0.147 e. The molecule has 3 aromatic heterocycles. The fourth-order valence-electron chi connectivity index (χ4n) is 8.58. The number of hydrogen-bond donors (Lipinski definition) is 0. The van der Waals surface area contributed by atoms with E-state index in [1.165, 1.54) is 16.3 Å². The number of rotatable bonds is 4. The fourth-order valence-corrected chi connectivity index (χ4v) is 8.58. The quantitative estimate of drug-likeness (QED) is 0.184. The van der Waals surface area contributed by atoms with Gasteiger partial charge in [-0.2, -0.15) is 0 Å². The van der Waals surface area contributed by atoms with Crippen LogP contribution in [0.15, 0.2) is 189 Å². The molecule has 0 N–H and O–H groups in total. The first kappa shape index (κ1) is 29.3. The average molecular weight is 692 g/mol. The summed E-state index contributed by atoms with van der Waals surface area (Å²) in [6.45, 7) is 0. The van der Waals surface area contributed by atoms with E-state index in [4.69, 9.17) is 13.3 Å². The standard InChI is InChI=1S/C50H29NO3/c1-3-12-35-30(9-1)11-7-15-36(35)32-19-22-33(23-20-32)51(34-24-26-39-40-25-21-31-10-2-4-13-37(31)49(40)54-46(39)29-34)42-16-8-18-44-47(42)48-45(52-44)28-27-41-38-14-5-6-17-43(38)53-50(41)48/h1-29H. The van der Waals surface area contributed by atoms with Crippen molar-refractivity contribution in [3.63, 3.8) is 0 Å². The van der Waals surface area contributed by atoms with Gasteiger partial charge in [0, 0.05) is 44.4 Å². The molecule has 0 saturated heterocycles. The molecule has 0 aliphatic rings. The Kier molecular flexibility index (Phi) is 6.02. The van der Waals surface area contributed by atoms with Crippen molar-refractivity contribution < 1.29 is 13.3 Å². The van der Waals surface area contributed by atoms with Crippen LogP contribution < -0.4 is 4.90 Å². The van der Waals surface area contributed by atoms with Gasteiger partial charge >= 0.3 is 0 Å². The zero-order valence-electron chi connectivity index (χ0n) is 28.9. The van der Waals surface area contributed by atoms with Gasteiger partial charge in [-0.1, -0.05) is 109 Å². The minimum Gasteiger partial charge on any atom is -0.456 e. The molecule has 54 heavy (non-hydrogen) atoms. The molecule has 3 heterocycles. The second-order valence-electron chi connectivity index (χ2n) is 14.0. The highest BCUT2D eigenvalue weighted by Crippen LogP contribution is 2.47. The highest BCUT2D eigenvalue weighted by molar-refractivity contribution is 6.25. The van der Waals surface area contributed by atoms with E-state index >= 15 is 0 Å². The highest BCUT2D eigenvalue weighted by atomic mass is 16.3. The van der Waals surface area contributed by atoms with Gasteiger partial charge in [-0.3, -0.25) is 0 Å². The van der Waals surface area contributed by atoms with Crippen molar-refractivity contribution in [1.29, 1.82) is 0 Å². The predicted octanol–water partition coefficient (Wildman–Crippen LogP) is 14.8. The minimum atomic E-state index is 0.787. The van der Waals surface area contributed by atoms with E-state index in [-0.39, 0.29) is 0 Å². The Morgan fingerprint density at radius 1 is 0.333 bits per heavy atom. The number of para-hydroxylation sites is 1. The second kappa shape index (κ2) is 11.1. The van der Waals surface area contributed by atoms with Crippen LogP contribution in [-0.4, -0.2) is 0 Å². The van der Waals surface area contributed by atoms with E-state index in [1.807, 2.05) is 18.2 Å². The summed E-state index contributed by atoms with van der Waals surface area (Å²) < 4.78 is 19.9. The van der Waals surface area contributed by atoms with E-state index in [1.54, 1.807) is 0 Å². The number of anilines is 3. The Bertz CT molecular complexity index is 3450. The second-order valence-corrected chi connectivity index (χ2v) is 14.0. The molecule has 252 valence electrons. The predicted molar refractivity (Wildman–Crippen MR) is 223 cm³/mol. The lowest BCUT2D eigenvalue weighted by Gasteiger charge is -2.26. The summed E-state index contributed by atoms with van der Waals surface area (Å²) in [5.74, 6) is 0. The summed E-state index contributed by atoms with van der Waals surface area (Å²) in [4.78, 5) is 2.32. The number of benzene rings is 9. The molecule has 0 radical (unpaired) electrons. The summed E-state index contributed by atoms with van der Waals surface area (Å²) in [6, 6.07) is 61.9. The molecule has 0 fully saturated rings. The van der Waals surface area contributed by atoms with E-state index in [0.717, 1.165) is 99.2 Å². The zero-order chi connectivity index (χ0) is 35.3. The number of fused-ring (bicyclic) bond motifs is 13. The van der Waals surface area contributed by atoms with E-state index in [2.05, 4.69) is 163 Å². The van der Waals surface area contributed by atoms with Crippen LogP contribution in [0, 0.1) is 0 Å². The molecule has 0 atom stereocenters. The summed E-state index contributed by atoms with van der Waals surface area (Å²) in [7, 11) is 0. The maximum absolute atomic E-state index is 6.72. The van der Waals surface area contributed by atoms with Crippen LogP contribution in [-0.2, 0) is 0 Å². The monoisotopic (exact) mass is 691 g/mol. The van der Waals surface area contributed by atoms with Gasteiger partial charge in [0.25, 0.3) is 0 Å². The molecule has 0 amide bonds. The SMILES string of the molecule is c1ccc2c(-c3ccc(N(c4ccc5c(c4)oc4c6ccccc6ccc54)c4cccc5oc6ccc7c8ccccc8oc7c6c45)cc3)cccc2c1. The van der Waals surface area contributed by atoms with Gasteiger partial charge in [-0.25, -0.2) is 0 Å². The first-order valence-electron chi connectivity index (χ1n) is 18.2. The van der Waals surface area contributed by atoms with Crippen molar-refractivity contribution in [2.45, 2.75) is 0 Å². The Labute approximate surface area is 308 Å². The third-order valence-corrected chi connectivity index (χ3v) is 11.1. The van der Waals surface area contributed by atoms with Crippen LogP contribution in [0.3, 0.4) is 0 Å². The highest BCUT2D eigenvalue weighted by Gasteiger charge is 2.24. The maximum atomic E-state index is 6.72. The summed E-state index contributed by atoms with van der Waals surface area (Å²) in [5, 5.41) is 11.0. The van der Waals surface area contributed by atoms with Gasteiger partial charge in [0.2, 0.25) is 0 Å². The molecule has 9 aromatic carbocycles. The van der Waals surface area contributed by atoms with Crippen molar-refractivity contribution in [2.24, 2.45) is 0 Å². The maximum Gasteiger partial charge on any atom is 0.147 e. The Balaban J connectivity index is 1.12.